The van der Waals surface area contributed by atoms with Crippen LogP contribution in [0.2, 0.25) is 5.15 Å². The second-order valence-corrected chi connectivity index (χ2v) is 8.44. The van der Waals surface area contributed by atoms with Crippen LogP contribution in [0.1, 0.15) is 10.4 Å². The lowest BCUT2D eigenvalue weighted by molar-refractivity contribution is -0.109. The summed E-state index contributed by atoms with van der Waals surface area (Å²) in [5.41, 5.74) is 3.84. The van der Waals surface area contributed by atoms with Gasteiger partial charge in [-0.2, -0.15) is 8.42 Å². The Morgan fingerprint density at radius 3 is 2.94 bits per heavy atom. The van der Waals surface area contributed by atoms with E-state index >= 15 is 0 Å². The van der Waals surface area contributed by atoms with E-state index in [0.29, 0.717) is 0 Å². The number of imidazole rings is 1. The van der Waals surface area contributed by atoms with Gasteiger partial charge in [-0.25, -0.2) is 24.7 Å². The molecule has 16 heteroatoms. The van der Waals surface area contributed by atoms with E-state index < -0.39 is 47.4 Å². The minimum Gasteiger partial charge on any atom is -0.385 e. The van der Waals surface area contributed by atoms with E-state index in [9.17, 15) is 23.4 Å². The molecule has 1 aliphatic rings. The van der Waals surface area contributed by atoms with Crippen molar-refractivity contribution >= 4 is 44.8 Å². The van der Waals surface area contributed by atoms with Gasteiger partial charge in [-0.1, -0.05) is 11.6 Å². The quantitative estimate of drug-likeness (QED) is 0.296. The number of aromatic nitrogens is 5. The summed E-state index contributed by atoms with van der Waals surface area (Å²) >= 11 is 5.77. The Morgan fingerprint density at radius 1 is 1.41 bits per heavy atom. The second kappa shape index (κ2) is 8.19. The molecule has 0 saturated carbocycles. The zero-order valence-corrected chi connectivity index (χ0v) is 17.6. The third kappa shape index (κ3) is 3.96. The Hall–Kier alpha value is -2.95. The molecule has 3 aromatic rings. The molecule has 4 rings (SSSR count). The minimum atomic E-state index is -4.60. The summed E-state index contributed by atoms with van der Waals surface area (Å²) in [7, 11) is -4.60. The average molecular weight is 486 g/mol. The first-order valence-corrected chi connectivity index (χ1v) is 10.7. The predicted molar refractivity (Wildman–Crippen MR) is 107 cm³/mol. The zero-order valence-electron chi connectivity index (χ0n) is 16.0. The molecule has 0 radical (unpaired) electrons. The highest BCUT2D eigenvalue weighted by Crippen LogP contribution is 2.32. The normalized spacial score (nSPS) is 23.5. The molecule has 5 N–H and O–H groups in total. The third-order valence-corrected chi connectivity index (χ3v) is 5.91. The monoisotopic (exact) mass is 485 g/mol. The van der Waals surface area contributed by atoms with Crippen molar-refractivity contribution in [2.45, 2.75) is 17.9 Å². The van der Waals surface area contributed by atoms with E-state index in [1.54, 1.807) is 4.72 Å². The topological polar surface area (TPSA) is 205 Å². The number of aliphatic hydroxyl groups is 2. The highest BCUT2D eigenvalue weighted by Gasteiger charge is 2.51. The Kier molecular flexibility index (Phi) is 5.70. The van der Waals surface area contributed by atoms with Crippen LogP contribution in [0.5, 0.6) is 0 Å². The fourth-order valence-electron chi connectivity index (χ4n) is 3.10. The number of nitrogens with one attached hydrogen (secondary N) is 1. The molecule has 0 spiro atoms. The molecule has 4 heterocycles. The fourth-order valence-corrected chi connectivity index (χ4v) is 4.02. The van der Waals surface area contributed by atoms with Crippen molar-refractivity contribution in [1.82, 2.24) is 29.2 Å². The number of ether oxygens (including phenoxy) is 1. The number of carbonyl (C=O) groups is 1. The molecule has 0 aliphatic carbocycles. The second-order valence-electron chi connectivity index (χ2n) is 6.73. The molecular formula is C16H16ClN7O7S. The minimum absolute atomic E-state index is 0.0705. The number of aliphatic hydroxyl groups excluding tert-OH is 1. The summed E-state index contributed by atoms with van der Waals surface area (Å²) in [4.78, 5) is 27.6. The van der Waals surface area contributed by atoms with Crippen molar-refractivity contribution in [2.24, 2.45) is 0 Å². The number of nitrogens with two attached hydrogens (primary N) is 1. The maximum Gasteiger partial charge on any atom is 0.362 e. The van der Waals surface area contributed by atoms with Crippen LogP contribution in [0.4, 0.5) is 5.82 Å². The Bertz CT molecular complexity index is 1290. The summed E-state index contributed by atoms with van der Waals surface area (Å²) in [5.74, 6) is -0.990. The van der Waals surface area contributed by atoms with Gasteiger partial charge in [-0.3, -0.25) is 13.5 Å². The Balaban J connectivity index is 1.45. The van der Waals surface area contributed by atoms with Gasteiger partial charge in [0.15, 0.2) is 17.2 Å². The van der Waals surface area contributed by atoms with Crippen molar-refractivity contribution in [2.75, 3.05) is 18.9 Å². The lowest BCUT2D eigenvalue weighted by Crippen LogP contribution is -2.47. The molecule has 0 bridgehead atoms. The number of nitrogens with zero attached hydrogens (tertiary/aromatic N) is 5. The van der Waals surface area contributed by atoms with Crippen LogP contribution in [0, 0.1) is 0 Å². The number of amides is 1. The summed E-state index contributed by atoms with van der Waals surface area (Å²) in [6.45, 7) is -1.15. The molecule has 14 nitrogen and oxygen atoms in total. The van der Waals surface area contributed by atoms with Crippen molar-refractivity contribution in [3.05, 3.63) is 41.7 Å². The number of rotatable bonds is 6. The molecule has 1 aliphatic heterocycles. The van der Waals surface area contributed by atoms with Gasteiger partial charge in [-0.05, 0) is 12.1 Å². The van der Waals surface area contributed by atoms with E-state index in [4.69, 9.17) is 26.3 Å². The van der Waals surface area contributed by atoms with Gasteiger partial charge in [0.05, 0.1) is 25.1 Å². The molecule has 1 fully saturated rings. The maximum atomic E-state index is 12.1. The van der Waals surface area contributed by atoms with Crippen LogP contribution in [0.25, 0.3) is 11.2 Å². The third-order valence-electron chi connectivity index (χ3n) is 4.72. The van der Waals surface area contributed by atoms with E-state index in [-0.39, 0.29) is 27.7 Å². The van der Waals surface area contributed by atoms with Crippen LogP contribution in [-0.4, -0.2) is 74.5 Å². The zero-order chi connectivity index (χ0) is 23.1. The van der Waals surface area contributed by atoms with Gasteiger partial charge in [0.25, 0.3) is 5.91 Å². The van der Waals surface area contributed by atoms with Crippen molar-refractivity contribution in [3.8, 4) is 0 Å². The number of carbonyl (C=O) groups excluding carboxylic acids is 1. The molecule has 170 valence electrons. The molecule has 1 saturated heterocycles. The number of fused-ring (bicyclic) bond motifs is 1. The number of nitrogen functional groups attached to an aromatic ring is 1. The molecule has 3 aromatic heterocycles. The fraction of sp³-hybridized carbons (Fsp3) is 0.312. The van der Waals surface area contributed by atoms with E-state index in [1.807, 2.05) is 0 Å². The molecule has 0 aromatic carbocycles. The number of pyridine rings is 1. The molecule has 0 unspecified atom stereocenters. The van der Waals surface area contributed by atoms with Crippen LogP contribution in [-0.2, 0) is 24.9 Å². The van der Waals surface area contributed by atoms with Crippen LogP contribution < -0.4 is 10.5 Å². The molecule has 3 atom stereocenters. The number of halogens is 1. The van der Waals surface area contributed by atoms with Crippen LogP contribution >= 0.6 is 11.6 Å². The molecule has 32 heavy (non-hydrogen) atoms. The lowest BCUT2D eigenvalue weighted by Gasteiger charge is -2.27. The number of anilines is 1. The van der Waals surface area contributed by atoms with Gasteiger partial charge in [0.2, 0.25) is 0 Å². The van der Waals surface area contributed by atoms with Gasteiger partial charge < -0.3 is 20.7 Å². The number of hydrogen-bond donors (Lipinski definition) is 4. The maximum absolute atomic E-state index is 12.1. The first-order valence-electron chi connectivity index (χ1n) is 8.90. The Morgan fingerprint density at radius 2 is 2.19 bits per heavy atom. The smallest absolute Gasteiger partial charge is 0.362 e. The summed E-state index contributed by atoms with van der Waals surface area (Å²) < 4.78 is 37.1. The van der Waals surface area contributed by atoms with E-state index in [1.165, 1.54) is 24.7 Å². The first-order chi connectivity index (χ1) is 15.1. The van der Waals surface area contributed by atoms with E-state index in [0.717, 1.165) is 10.9 Å². The summed E-state index contributed by atoms with van der Waals surface area (Å²) in [6.07, 6.45) is 0.764. The number of hydrogen-bond acceptors (Lipinski definition) is 12. The van der Waals surface area contributed by atoms with Crippen LogP contribution in [0.3, 0.4) is 0 Å². The van der Waals surface area contributed by atoms with Gasteiger partial charge >= 0.3 is 10.3 Å². The largest absolute Gasteiger partial charge is 0.385 e. The molecule has 1 amide bonds. The highest BCUT2D eigenvalue weighted by atomic mass is 35.5. The van der Waals surface area contributed by atoms with Crippen molar-refractivity contribution in [1.29, 1.82) is 0 Å². The first kappa shape index (κ1) is 22.3. The lowest BCUT2D eigenvalue weighted by atomic mass is 10.1. The van der Waals surface area contributed by atoms with Crippen LogP contribution in [0.15, 0.2) is 31.0 Å². The summed E-state index contributed by atoms with van der Waals surface area (Å²) in [6, 6.07) is 2.67. The van der Waals surface area contributed by atoms with Gasteiger partial charge in [0.1, 0.15) is 29.2 Å². The molecular weight excluding hydrogens is 470 g/mol. The average Bonchev–Trinajstić information content (AvgIpc) is 3.30. The van der Waals surface area contributed by atoms with Crippen molar-refractivity contribution in [3.63, 3.8) is 0 Å². The van der Waals surface area contributed by atoms with Gasteiger partial charge in [0, 0.05) is 6.20 Å². The Labute approximate surface area is 185 Å². The predicted octanol–water partition coefficient (Wildman–Crippen LogP) is -1.45. The van der Waals surface area contributed by atoms with Gasteiger partial charge in [-0.15, -0.1) is 0 Å². The van der Waals surface area contributed by atoms with Crippen molar-refractivity contribution < 1.29 is 32.3 Å². The van der Waals surface area contributed by atoms with E-state index in [2.05, 4.69) is 19.9 Å². The highest BCUT2D eigenvalue weighted by molar-refractivity contribution is 7.85. The summed E-state index contributed by atoms with van der Waals surface area (Å²) in [5, 5.41) is 21.4. The SMILES string of the molecule is Nc1ncnc2c1ncn2[C@@]1(O)CO[C@H](COS(=O)(=O)NC(=O)c2cccnc2Cl)[C@H]1O. The standard InChI is InChI=1S/C16H16ClN7O7S/c17-12-8(2-1-3-19-12)15(26)23-32(28,29)31-4-9-11(25)16(27,5-30-9)24-7-22-10-13(18)20-6-21-14(10)24/h1-3,6-7,9,11,25,27H,4-5H2,(H,23,26)(H2,18,20,21)/t9-,11-,16-/m1/s1.